The van der Waals surface area contributed by atoms with Crippen LogP contribution >= 0.6 is 55.1 Å². The minimum absolute atomic E-state index is 0.0760. The molecule has 0 aliphatic rings. The zero-order valence-corrected chi connectivity index (χ0v) is 14.7. The average Bonchev–Trinajstić information content (AvgIpc) is 2.22. The zero-order chi connectivity index (χ0) is 13.8. The molecule has 0 spiro atoms. The van der Waals surface area contributed by atoms with Crippen LogP contribution < -0.4 is 4.72 Å². The van der Waals surface area contributed by atoms with Gasteiger partial charge in [-0.15, -0.1) is 0 Å². The number of hydrogen-bond acceptors (Lipinski definition) is 2. The summed E-state index contributed by atoms with van der Waals surface area (Å²) < 4.78 is 27.2. The van der Waals surface area contributed by atoms with Crippen LogP contribution in [0.15, 0.2) is 21.5 Å². The molecule has 8 heteroatoms. The van der Waals surface area contributed by atoms with E-state index in [0.717, 1.165) is 18.2 Å². The Balaban J connectivity index is 2.92. The van der Waals surface area contributed by atoms with E-state index in [1.807, 2.05) is 0 Å². The molecule has 0 aliphatic carbocycles. The number of halogens is 4. The Morgan fingerprint density at radius 3 is 2.22 bits per heavy atom. The van der Waals surface area contributed by atoms with E-state index in [2.05, 4.69) is 36.6 Å². The SMILES string of the molecule is O=S(=O)(NCCCCBr)c1c(Cl)cc(Br)cc1Cl. The molecule has 0 radical (unpaired) electrons. The zero-order valence-electron chi connectivity index (χ0n) is 9.22. The van der Waals surface area contributed by atoms with Gasteiger partial charge in [-0.05, 0) is 25.0 Å². The van der Waals surface area contributed by atoms with Gasteiger partial charge >= 0.3 is 0 Å². The lowest BCUT2D eigenvalue weighted by Crippen LogP contribution is -2.25. The summed E-state index contributed by atoms with van der Waals surface area (Å²) in [7, 11) is -3.67. The molecule has 1 aromatic rings. The first-order valence-corrected chi connectivity index (χ1v) is 9.24. The lowest BCUT2D eigenvalue weighted by Gasteiger charge is -2.10. The van der Waals surface area contributed by atoms with Crippen LogP contribution in [0.2, 0.25) is 10.0 Å². The van der Waals surface area contributed by atoms with Crippen molar-refractivity contribution in [3.8, 4) is 0 Å². The summed E-state index contributed by atoms with van der Waals surface area (Å²) in [5, 5.41) is 1.04. The Morgan fingerprint density at radius 1 is 1.17 bits per heavy atom. The summed E-state index contributed by atoms with van der Waals surface area (Å²) in [6.45, 7) is 0.358. The fourth-order valence-electron chi connectivity index (χ4n) is 1.28. The average molecular weight is 440 g/mol. The molecule has 0 aliphatic heterocycles. The Hall–Kier alpha value is 0.670. The predicted octanol–water partition coefficient (Wildman–Crippen LogP) is 4.21. The topological polar surface area (TPSA) is 46.2 Å². The molecule has 3 nitrogen and oxygen atoms in total. The molecule has 0 saturated carbocycles. The van der Waals surface area contributed by atoms with E-state index in [0.29, 0.717) is 11.0 Å². The van der Waals surface area contributed by atoms with Gasteiger partial charge in [-0.1, -0.05) is 55.1 Å². The fraction of sp³-hybridized carbons (Fsp3) is 0.400. The van der Waals surface area contributed by atoms with Crippen molar-refractivity contribution >= 4 is 65.1 Å². The van der Waals surface area contributed by atoms with E-state index in [9.17, 15) is 8.42 Å². The van der Waals surface area contributed by atoms with Crippen molar-refractivity contribution in [2.45, 2.75) is 17.7 Å². The molecular weight excluding hydrogens is 429 g/mol. The largest absolute Gasteiger partial charge is 0.243 e. The standard InChI is InChI=1S/C10H11Br2Cl2NO2S/c11-3-1-2-4-15-18(16,17)10-8(13)5-7(12)6-9(10)14/h5-6,15H,1-4H2. The third-order valence-corrected chi connectivity index (χ3v) is 5.48. The van der Waals surface area contributed by atoms with Crippen LogP contribution in [0.25, 0.3) is 0 Å². The molecule has 1 N–H and O–H groups in total. The Labute approximate surface area is 134 Å². The second-order valence-corrected chi connectivity index (χ2v) is 7.72. The van der Waals surface area contributed by atoms with E-state index in [1.165, 1.54) is 12.1 Å². The third kappa shape index (κ3) is 4.65. The van der Waals surface area contributed by atoms with Gasteiger partial charge in [0.15, 0.2) is 0 Å². The number of rotatable bonds is 6. The van der Waals surface area contributed by atoms with Crippen molar-refractivity contribution in [2.24, 2.45) is 0 Å². The summed E-state index contributed by atoms with van der Waals surface area (Å²) in [4.78, 5) is -0.0760. The molecule has 0 atom stereocenters. The van der Waals surface area contributed by atoms with Gasteiger partial charge < -0.3 is 0 Å². The number of alkyl halides is 1. The highest BCUT2D eigenvalue weighted by Gasteiger charge is 2.21. The van der Waals surface area contributed by atoms with Crippen molar-refractivity contribution < 1.29 is 8.42 Å². The highest BCUT2D eigenvalue weighted by molar-refractivity contribution is 9.10. The minimum atomic E-state index is -3.67. The molecule has 0 saturated heterocycles. The number of unbranched alkanes of at least 4 members (excludes halogenated alkanes) is 1. The third-order valence-electron chi connectivity index (χ3n) is 2.08. The Kier molecular flexibility index (Phi) is 6.92. The second-order valence-electron chi connectivity index (χ2n) is 3.49. The lowest BCUT2D eigenvalue weighted by molar-refractivity contribution is 0.578. The molecule has 0 amide bonds. The van der Waals surface area contributed by atoms with Crippen LogP contribution in [0.5, 0.6) is 0 Å². The van der Waals surface area contributed by atoms with E-state index >= 15 is 0 Å². The maximum atomic E-state index is 12.0. The summed E-state index contributed by atoms with van der Waals surface area (Å²) in [6, 6.07) is 3.00. The van der Waals surface area contributed by atoms with Crippen molar-refractivity contribution in [3.05, 3.63) is 26.7 Å². The minimum Gasteiger partial charge on any atom is -0.211 e. The van der Waals surface area contributed by atoms with Crippen LogP contribution in [-0.4, -0.2) is 20.3 Å². The molecule has 0 fully saturated rings. The molecule has 102 valence electrons. The Bertz CT molecular complexity index is 500. The van der Waals surface area contributed by atoms with Crippen LogP contribution in [0.1, 0.15) is 12.8 Å². The van der Waals surface area contributed by atoms with E-state index in [1.54, 1.807) is 0 Å². The van der Waals surface area contributed by atoms with Crippen LogP contribution in [-0.2, 0) is 10.0 Å². The second kappa shape index (κ2) is 7.45. The van der Waals surface area contributed by atoms with Gasteiger partial charge in [-0.2, -0.15) is 0 Å². The monoisotopic (exact) mass is 437 g/mol. The van der Waals surface area contributed by atoms with Crippen LogP contribution in [0.3, 0.4) is 0 Å². The summed E-state index contributed by atoms with van der Waals surface area (Å²) in [5.74, 6) is 0. The van der Waals surface area contributed by atoms with Gasteiger partial charge in [-0.3, -0.25) is 0 Å². The van der Waals surface area contributed by atoms with E-state index in [4.69, 9.17) is 23.2 Å². The van der Waals surface area contributed by atoms with Crippen molar-refractivity contribution in [2.75, 3.05) is 11.9 Å². The first kappa shape index (κ1) is 16.7. The maximum Gasteiger partial charge on any atom is 0.243 e. The molecule has 0 bridgehead atoms. The molecule has 1 aromatic carbocycles. The number of hydrogen-bond donors (Lipinski definition) is 1. The summed E-state index contributed by atoms with van der Waals surface area (Å²) in [5.41, 5.74) is 0. The molecule has 0 unspecified atom stereocenters. The molecule has 0 aromatic heterocycles. The lowest BCUT2D eigenvalue weighted by atomic mass is 10.3. The normalized spacial score (nSPS) is 11.8. The molecule has 0 heterocycles. The fourth-order valence-corrected chi connectivity index (χ4v) is 4.69. The van der Waals surface area contributed by atoms with Gasteiger partial charge in [0.1, 0.15) is 4.90 Å². The van der Waals surface area contributed by atoms with E-state index in [-0.39, 0.29) is 14.9 Å². The number of sulfonamides is 1. The van der Waals surface area contributed by atoms with Gasteiger partial charge in [0.2, 0.25) is 10.0 Å². The van der Waals surface area contributed by atoms with Gasteiger partial charge in [-0.25, -0.2) is 13.1 Å². The Morgan fingerprint density at radius 2 is 1.72 bits per heavy atom. The molecule has 18 heavy (non-hydrogen) atoms. The first-order chi connectivity index (χ1) is 8.38. The summed E-state index contributed by atoms with van der Waals surface area (Å²) >= 11 is 18.3. The number of benzene rings is 1. The maximum absolute atomic E-state index is 12.0. The van der Waals surface area contributed by atoms with Crippen molar-refractivity contribution in [1.82, 2.24) is 4.72 Å². The van der Waals surface area contributed by atoms with Crippen molar-refractivity contribution in [3.63, 3.8) is 0 Å². The summed E-state index contributed by atoms with van der Waals surface area (Å²) in [6.07, 6.45) is 1.64. The highest BCUT2D eigenvalue weighted by Crippen LogP contribution is 2.32. The number of nitrogens with one attached hydrogen (secondary N) is 1. The highest BCUT2D eigenvalue weighted by atomic mass is 79.9. The van der Waals surface area contributed by atoms with E-state index < -0.39 is 10.0 Å². The van der Waals surface area contributed by atoms with Crippen LogP contribution in [0, 0.1) is 0 Å². The van der Waals surface area contributed by atoms with Gasteiger partial charge in [0, 0.05) is 16.3 Å². The quantitative estimate of drug-likeness (QED) is 0.533. The molecule has 1 rings (SSSR count). The smallest absolute Gasteiger partial charge is 0.211 e. The molecular formula is C10H11Br2Cl2NO2S. The predicted molar refractivity (Wildman–Crippen MR) is 82.4 cm³/mol. The van der Waals surface area contributed by atoms with Crippen LogP contribution in [0.4, 0.5) is 0 Å². The first-order valence-electron chi connectivity index (χ1n) is 5.08. The van der Waals surface area contributed by atoms with Crippen molar-refractivity contribution in [1.29, 1.82) is 0 Å². The van der Waals surface area contributed by atoms with Gasteiger partial charge in [0.05, 0.1) is 10.0 Å². The van der Waals surface area contributed by atoms with Gasteiger partial charge in [0.25, 0.3) is 0 Å².